The largest absolute Gasteiger partial charge is 0.477 e. The van der Waals surface area contributed by atoms with Gasteiger partial charge in [-0.3, -0.25) is 4.79 Å². The van der Waals surface area contributed by atoms with Crippen LogP contribution >= 0.6 is 0 Å². The number of aliphatic hydroxyl groups is 1. The SMILES string of the molecule is O=C(O)c1[nH]cnc1C(=O)N1CCC(CCO)C1. The van der Waals surface area contributed by atoms with Crippen LogP contribution in [0.4, 0.5) is 0 Å². The van der Waals surface area contributed by atoms with Gasteiger partial charge in [-0.25, -0.2) is 9.78 Å². The third-order valence-electron chi connectivity index (χ3n) is 3.17. The fourth-order valence-electron chi connectivity index (χ4n) is 2.20. The Labute approximate surface area is 103 Å². The van der Waals surface area contributed by atoms with Crippen LogP contribution in [0.1, 0.15) is 33.8 Å². The average Bonchev–Trinajstić information content (AvgIpc) is 2.96. The van der Waals surface area contributed by atoms with Crippen molar-refractivity contribution in [3.63, 3.8) is 0 Å². The predicted octanol–water partition coefficient (Wildman–Crippen LogP) is -0.0476. The molecule has 1 aromatic heterocycles. The van der Waals surface area contributed by atoms with E-state index in [0.29, 0.717) is 19.5 Å². The third-order valence-corrected chi connectivity index (χ3v) is 3.17. The molecule has 0 radical (unpaired) electrons. The van der Waals surface area contributed by atoms with Crippen LogP contribution in [0.15, 0.2) is 6.33 Å². The first-order chi connectivity index (χ1) is 8.63. The fraction of sp³-hybridized carbons (Fsp3) is 0.545. The molecule has 1 aromatic rings. The highest BCUT2D eigenvalue weighted by Gasteiger charge is 2.30. The quantitative estimate of drug-likeness (QED) is 0.697. The van der Waals surface area contributed by atoms with Crippen LogP contribution in [0.2, 0.25) is 0 Å². The molecule has 1 fully saturated rings. The zero-order chi connectivity index (χ0) is 13.1. The number of aromatic carboxylic acids is 1. The molecule has 0 aliphatic carbocycles. The van der Waals surface area contributed by atoms with E-state index in [9.17, 15) is 9.59 Å². The van der Waals surface area contributed by atoms with E-state index >= 15 is 0 Å². The van der Waals surface area contributed by atoms with Crippen LogP contribution in [0.3, 0.4) is 0 Å². The highest BCUT2D eigenvalue weighted by atomic mass is 16.4. The molecule has 7 nitrogen and oxygen atoms in total. The Kier molecular flexibility index (Phi) is 3.61. The Bertz CT molecular complexity index is 457. The average molecular weight is 253 g/mol. The van der Waals surface area contributed by atoms with Crippen molar-refractivity contribution < 1.29 is 19.8 Å². The van der Waals surface area contributed by atoms with Crippen molar-refractivity contribution in [2.24, 2.45) is 5.92 Å². The molecule has 1 amide bonds. The van der Waals surface area contributed by atoms with E-state index in [-0.39, 0.29) is 29.8 Å². The third kappa shape index (κ3) is 2.35. The first-order valence-electron chi connectivity index (χ1n) is 5.80. The van der Waals surface area contributed by atoms with Gasteiger partial charge in [0.25, 0.3) is 5.91 Å². The van der Waals surface area contributed by atoms with Crippen molar-refractivity contribution in [2.45, 2.75) is 12.8 Å². The molecule has 3 N–H and O–H groups in total. The van der Waals surface area contributed by atoms with Crippen LogP contribution in [0, 0.1) is 5.92 Å². The molecule has 1 aliphatic heterocycles. The number of carbonyl (C=O) groups excluding carboxylic acids is 1. The van der Waals surface area contributed by atoms with Gasteiger partial charge in [0.05, 0.1) is 6.33 Å². The molecule has 0 aromatic carbocycles. The lowest BCUT2D eigenvalue weighted by molar-refractivity contribution is 0.0674. The summed E-state index contributed by atoms with van der Waals surface area (Å²) in [5, 5.41) is 17.8. The number of rotatable bonds is 4. The van der Waals surface area contributed by atoms with E-state index in [1.54, 1.807) is 4.90 Å². The van der Waals surface area contributed by atoms with Gasteiger partial charge >= 0.3 is 5.97 Å². The van der Waals surface area contributed by atoms with Crippen molar-refractivity contribution in [1.29, 1.82) is 0 Å². The standard InChI is InChI=1S/C11H15N3O4/c15-4-2-7-1-3-14(5-7)10(16)8-9(11(17)18)13-6-12-8/h6-7,15H,1-5H2,(H,12,13)(H,17,18). The highest BCUT2D eigenvalue weighted by molar-refractivity contribution is 6.02. The minimum Gasteiger partial charge on any atom is -0.477 e. The molecule has 1 atom stereocenters. The van der Waals surface area contributed by atoms with Gasteiger partial charge in [-0.2, -0.15) is 0 Å². The summed E-state index contributed by atoms with van der Waals surface area (Å²) < 4.78 is 0. The van der Waals surface area contributed by atoms with Gasteiger partial charge in [0, 0.05) is 19.7 Å². The van der Waals surface area contributed by atoms with Gasteiger partial charge in [-0.15, -0.1) is 0 Å². The number of likely N-dealkylation sites (tertiary alicyclic amines) is 1. The molecule has 98 valence electrons. The Hall–Kier alpha value is -1.89. The molecule has 0 saturated carbocycles. The minimum absolute atomic E-state index is 0.0489. The number of imidazole rings is 1. The summed E-state index contributed by atoms with van der Waals surface area (Å²) in [5.74, 6) is -1.28. The van der Waals surface area contributed by atoms with E-state index < -0.39 is 5.97 Å². The van der Waals surface area contributed by atoms with Gasteiger partial charge in [0.1, 0.15) is 0 Å². The van der Waals surface area contributed by atoms with Gasteiger partial charge < -0.3 is 20.1 Å². The number of hydrogen-bond acceptors (Lipinski definition) is 4. The lowest BCUT2D eigenvalue weighted by atomic mass is 10.1. The van der Waals surface area contributed by atoms with E-state index in [0.717, 1.165) is 6.42 Å². The Balaban J connectivity index is 2.08. The van der Waals surface area contributed by atoms with Gasteiger partial charge in [0.2, 0.25) is 0 Å². The summed E-state index contributed by atoms with van der Waals surface area (Å²) >= 11 is 0. The predicted molar refractivity (Wildman–Crippen MR) is 61.3 cm³/mol. The highest BCUT2D eigenvalue weighted by Crippen LogP contribution is 2.21. The van der Waals surface area contributed by atoms with Crippen LogP contribution in [0.25, 0.3) is 0 Å². The fourth-order valence-corrected chi connectivity index (χ4v) is 2.20. The van der Waals surface area contributed by atoms with Crippen molar-refractivity contribution in [2.75, 3.05) is 19.7 Å². The lowest BCUT2D eigenvalue weighted by Crippen LogP contribution is -2.30. The van der Waals surface area contributed by atoms with E-state index in [2.05, 4.69) is 9.97 Å². The number of amides is 1. The number of aliphatic hydroxyl groups excluding tert-OH is 1. The maximum absolute atomic E-state index is 12.1. The maximum atomic E-state index is 12.1. The zero-order valence-electron chi connectivity index (χ0n) is 9.80. The van der Waals surface area contributed by atoms with Gasteiger partial charge in [-0.1, -0.05) is 0 Å². The molecule has 1 unspecified atom stereocenters. The summed E-state index contributed by atoms with van der Waals surface area (Å²) in [6.45, 7) is 1.23. The number of hydrogen-bond donors (Lipinski definition) is 3. The number of aromatic amines is 1. The Morgan fingerprint density at radius 2 is 2.33 bits per heavy atom. The molecular formula is C11H15N3O4. The van der Waals surface area contributed by atoms with Crippen molar-refractivity contribution in [1.82, 2.24) is 14.9 Å². The topological polar surface area (TPSA) is 107 Å². The number of aromatic nitrogens is 2. The molecular weight excluding hydrogens is 238 g/mol. The van der Waals surface area contributed by atoms with Gasteiger partial charge in [-0.05, 0) is 18.8 Å². The smallest absolute Gasteiger partial charge is 0.354 e. The molecule has 7 heteroatoms. The van der Waals surface area contributed by atoms with Crippen LogP contribution in [-0.4, -0.2) is 56.7 Å². The Morgan fingerprint density at radius 1 is 1.56 bits per heavy atom. The summed E-state index contributed by atoms with van der Waals surface area (Å²) in [7, 11) is 0. The van der Waals surface area contributed by atoms with Crippen molar-refractivity contribution in [3.8, 4) is 0 Å². The van der Waals surface area contributed by atoms with E-state index in [1.165, 1.54) is 6.33 Å². The molecule has 2 heterocycles. The molecule has 1 aliphatic rings. The lowest BCUT2D eigenvalue weighted by Gasteiger charge is -2.15. The molecule has 1 saturated heterocycles. The maximum Gasteiger partial charge on any atom is 0.354 e. The molecule has 2 rings (SSSR count). The monoisotopic (exact) mass is 253 g/mol. The number of carbonyl (C=O) groups is 2. The summed E-state index contributed by atoms with van der Waals surface area (Å²) in [6.07, 6.45) is 2.70. The molecule has 18 heavy (non-hydrogen) atoms. The Morgan fingerprint density at radius 3 is 3.00 bits per heavy atom. The zero-order valence-corrected chi connectivity index (χ0v) is 9.80. The summed E-state index contributed by atoms with van der Waals surface area (Å²) in [4.78, 5) is 30.8. The van der Waals surface area contributed by atoms with Crippen LogP contribution in [0.5, 0.6) is 0 Å². The van der Waals surface area contributed by atoms with E-state index in [4.69, 9.17) is 10.2 Å². The van der Waals surface area contributed by atoms with Crippen molar-refractivity contribution >= 4 is 11.9 Å². The van der Waals surface area contributed by atoms with E-state index in [1.807, 2.05) is 0 Å². The van der Waals surface area contributed by atoms with Crippen LogP contribution < -0.4 is 0 Å². The number of carboxylic acid groups (broad SMARTS) is 1. The normalized spacial score (nSPS) is 19.2. The number of nitrogens with zero attached hydrogens (tertiary/aromatic N) is 2. The molecule has 0 bridgehead atoms. The second kappa shape index (κ2) is 5.18. The second-order valence-electron chi connectivity index (χ2n) is 4.35. The molecule has 0 spiro atoms. The second-order valence-corrected chi connectivity index (χ2v) is 4.35. The summed E-state index contributed by atoms with van der Waals surface area (Å²) in [5.41, 5.74) is -0.224. The first kappa shape index (κ1) is 12.6. The minimum atomic E-state index is -1.19. The number of carboxylic acids is 1. The number of nitrogens with one attached hydrogen (secondary N) is 1. The first-order valence-corrected chi connectivity index (χ1v) is 5.80. The van der Waals surface area contributed by atoms with Crippen molar-refractivity contribution in [3.05, 3.63) is 17.7 Å². The number of H-pyrrole nitrogens is 1. The summed E-state index contributed by atoms with van der Waals surface area (Å²) in [6, 6.07) is 0. The van der Waals surface area contributed by atoms with Crippen LogP contribution in [-0.2, 0) is 0 Å². The van der Waals surface area contributed by atoms with Gasteiger partial charge in [0.15, 0.2) is 11.4 Å².